The SMILES string of the molecule is Nc1nc(C(C=O)=NOCc2ccccc2CC(=O)O)cs1. The molecule has 22 heavy (non-hydrogen) atoms. The predicted molar refractivity (Wildman–Crippen MR) is 81.7 cm³/mol. The van der Waals surface area contributed by atoms with E-state index in [0.717, 1.165) is 0 Å². The van der Waals surface area contributed by atoms with Crippen molar-refractivity contribution in [1.29, 1.82) is 0 Å². The molecule has 8 heteroatoms. The number of rotatable bonds is 7. The van der Waals surface area contributed by atoms with Crippen LogP contribution in [0, 0.1) is 0 Å². The van der Waals surface area contributed by atoms with Crippen LogP contribution in [0.15, 0.2) is 34.8 Å². The summed E-state index contributed by atoms with van der Waals surface area (Å²) in [6.45, 7) is 0.0560. The number of carbonyl (C=O) groups is 2. The van der Waals surface area contributed by atoms with Gasteiger partial charge in [0.1, 0.15) is 12.3 Å². The van der Waals surface area contributed by atoms with E-state index in [9.17, 15) is 9.59 Å². The number of nitrogens with zero attached hydrogens (tertiary/aromatic N) is 2. The first-order valence-corrected chi connectivity index (χ1v) is 7.13. The molecule has 1 aromatic heterocycles. The van der Waals surface area contributed by atoms with Gasteiger partial charge in [0.25, 0.3) is 0 Å². The first-order valence-electron chi connectivity index (χ1n) is 6.25. The van der Waals surface area contributed by atoms with Crippen molar-refractivity contribution in [1.82, 2.24) is 4.98 Å². The maximum atomic E-state index is 11.0. The third-order valence-electron chi connectivity index (χ3n) is 2.74. The lowest BCUT2D eigenvalue weighted by Crippen LogP contribution is -2.06. The lowest BCUT2D eigenvalue weighted by atomic mass is 10.1. The van der Waals surface area contributed by atoms with Gasteiger partial charge in [0.05, 0.1) is 6.42 Å². The van der Waals surface area contributed by atoms with Crippen LogP contribution in [0.5, 0.6) is 0 Å². The van der Waals surface area contributed by atoms with Crippen molar-refractivity contribution < 1.29 is 19.5 Å². The van der Waals surface area contributed by atoms with E-state index in [1.54, 1.807) is 29.6 Å². The highest BCUT2D eigenvalue weighted by atomic mass is 32.1. The van der Waals surface area contributed by atoms with E-state index in [1.165, 1.54) is 11.3 Å². The fourth-order valence-corrected chi connectivity index (χ4v) is 2.30. The minimum atomic E-state index is -0.928. The number of carboxylic acids is 1. The normalized spacial score (nSPS) is 11.2. The van der Waals surface area contributed by atoms with Crippen molar-refractivity contribution >= 4 is 34.4 Å². The molecule has 0 saturated carbocycles. The van der Waals surface area contributed by atoms with Gasteiger partial charge in [-0.15, -0.1) is 11.3 Å². The molecule has 0 amide bonds. The fraction of sp³-hybridized carbons (Fsp3) is 0.143. The molecule has 3 N–H and O–H groups in total. The van der Waals surface area contributed by atoms with Crippen molar-refractivity contribution in [2.75, 3.05) is 5.73 Å². The molecule has 0 aliphatic carbocycles. The van der Waals surface area contributed by atoms with Gasteiger partial charge in [-0.25, -0.2) is 4.98 Å². The molecule has 0 unspecified atom stereocenters. The lowest BCUT2D eigenvalue weighted by Gasteiger charge is -2.06. The number of aldehydes is 1. The summed E-state index contributed by atoms with van der Waals surface area (Å²) >= 11 is 1.19. The molecule has 2 rings (SSSR count). The summed E-state index contributed by atoms with van der Waals surface area (Å²) in [5.74, 6) is -0.928. The zero-order valence-electron chi connectivity index (χ0n) is 11.4. The van der Waals surface area contributed by atoms with Crippen LogP contribution in [0.25, 0.3) is 0 Å². The van der Waals surface area contributed by atoms with Gasteiger partial charge >= 0.3 is 5.97 Å². The summed E-state index contributed by atoms with van der Waals surface area (Å²) in [5, 5.41) is 14.5. The highest BCUT2D eigenvalue weighted by Gasteiger charge is 2.09. The van der Waals surface area contributed by atoms with E-state index in [1.807, 2.05) is 0 Å². The Morgan fingerprint density at radius 2 is 2.14 bits per heavy atom. The Labute approximate surface area is 130 Å². The molecule has 114 valence electrons. The van der Waals surface area contributed by atoms with E-state index in [4.69, 9.17) is 15.7 Å². The molecular weight excluding hydrogens is 306 g/mol. The number of benzene rings is 1. The van der Waals surface area contributed by atoms with Gasteiger partial charge in [-0.1, -0.05) is 29.4 Å². The minimum absolute atomic E-state index is 0.0312. The third-order valence-corrected chi connectivity index (χ3v) is 3.41. The number of carboxylic acid groups (broad SMARTS) is 1. The number of aliphatic carboxylic acids is 1. The lowest BCUT2D eigenvalue weighted by molar-refractivity contribution is -0.136. The Balaban J connectivity index is 2.08. The Morgan fingerprint density at radius 1 is 1.41 bits per heavy atom. The van der Waals surface area contributed by atoms with Gasteiger partial charge in [-0.05, 0) is 11.1 Å². The van der Waals surface area contributed by atoms with Crippen molar-refractivity contribution in [3.8, 4) is 0 Å². The van der Waals surface area contributed by atoms with E-state index < -0.39 is 5.97 Å². The van der Waals surface area contributed by atoms with Gasteiger partial charge in [0, 0.05) is 5.38 Å². The molecule has 0 radical (unpaired) electrons. The summed E-state index contributed by atoms with van der Waals surface area (Å²) < 4.78 is 0. The standard InChI is InChI=1S/C14H13N3O4S/c15-14-16-12(8-22-14)11(6-18)17-21-7-10-4-2-1-3-9(10)5-13(19)20/h1-4,6,8H,5,7H2,(H2,15,16)(H,19,20). The maximum Gasteiger partial charge on any atom is 0.307 e. The Hall–Kier alpha value is -2.74. The van der Waals surface area contributed by atoms with Crippen LogP contribution in [-0.4, -0.2) is 28.1 Å². The molecule has 0 saturated heterocycles. The summed E-state index contributed by atoms with van der Waals surface area (Å²) in [6.07, 6.45) is 0.421. The van der Waals surface area contributed by atoms with E-state index in [-0.39, 0.29) is 18.7 Å². The van der Waals surface area contributed by atoms with Gasteiger partial charge in [0.15, 0.2) is 17.1 Å². The highest BCUT2D eigenvalue weighted by Crippen LogP contribution is 2.13. The van der Waals surface area contributed by atoms with Gasteiger partial charge in [-0.2, -0.15) is 0 Å². The van der Waals surface area contributed by atoms with Crippen molar-refractivity contribution in [2.45, 2.75) is 13.0 Å². The summed E-state index contributed by atoms with van der Waals surface area (Å²) in [4.78, 5) is 30.9. The van der Waals surface area contributed by atoms with Crippen LogP contribution in [0.2, 0.25) is 0 Å². The molecule has 1 aromatic carbocycles. The number of aromatic nitrogens is 1. The van der Waals surface area contributed by atoms with E-state index in [0.29, 0.717) is 28.2 Å². The number of nitrogens with two attached hydrogens (primary N) is 1. The van der Waals surface area contributed by atoms with Gasteiger partial charge in [-0.3, -0.25) is 9.59 Å². The van der Waals surface area contributed by atoms with Crippen molar-refractivity contribution in [3.05, 3.63) is 46.5 Å². The number of anilines is 1. The second-order valence-electron chi connectivity index (χ2n) is 4.28. The second kappa shape index (κ2) is 7.32. The van der Waals surface area contributed by atoms with Crippen LogP contribution in [-0.2, 0) is 27.5 Å². The molecule has 7 nitrogen and oxygen atoms in total. The Morgan fingerprint density at radius 3 is 2.73 bits per heavy atom. The quantitative estimate of drug-likeness (QED) is 0.454. The first-order chi connectivity index (χ1) is 10.6. The summed E-state index contributed by atoms with van der Waals surface area (Å²) in [7, 11) is 0. The first kappa shape index (κ1) is 15.6. The van der Waals surface area contributed by atoms with Crippen LogP contribution >= 0.6 is 11.3 Å². The zero-order chi connectivity index (χ0) is 15.9. The second-order valence-corrected chi connectivity index (χ2v) is 5.17. The number of oxime groups is 1. The highest BCUT2D eigenvalue weighted by molar-refractivity contribution is 7.13. The van der Waals surface area contributed by atoms with Crippen molar-refractivity contribution in [3.63, 3.8) is 0 Å². The Bertz CT molecular complexity index is 712. The maximum absolute atomic E-state index is 11.0. The minimum Gasteiger partial charge on any atom is -0.481 e. The van der Waals surface area contributed by atoms with Crippen LogP contribution in [0.1, 0.15) is 16.8 Å². The third kappa shape index (κ3) is 4.13. The number of hydrogen-bond acceptors (Lipinski definition) is 7. The molecule has 0 spiro atoms. The fourth-order valence-electron chi connectivity index (χ4n) is 1.74. The molecule has 0 aliphatic heterocycles. The topological polar surface area (TPSA) is 115 Å². The molecule has 0 fully saturated rings. The van der Waals surface area contributed by atoms with Gasteiger partial charge < -0.3 is 15.7 Å². The zero-order valence-corrected chi connectivity index (χ0v) is 12.2. The average Bonchev–Trinajstić information content (AvgIpc) is 2.91. The summed E-state index contributed by atoms with van der Waals surface area (Å²) in [5.41, 5.74) is 7.20. The number of thiazole rings is 1. The Kier molecular flexibility index (Phi) is 5.21. The van der Waals surface area contributed by atoms with E-state index >= 15 is 0 Å². The van der Waals surface area contributed by atoms with Gasteiger partial charge in [0.2, 0.25) is 0 Å². The van der Waals surface area contributed by atoms with E-state index in [2.05, 4.69) is 10.1 Å². The summed E-state index contributed by atoms with van der Waals surface area (Å²) in [6, 6.07) is 6.98. The smallest absolute Gasteiger partial charge is 0.307 e. The van der Waals surface area contributed by atoms with Crippen LogP contribution < -0.4 is 5.73 Å². The number of nitrogen functional groups attached to an aromatic ring is 1. The molecule has 0 aliphatic rings. The average molecular weight is 319 g/mol. The molecule has 2 aromatic rings. The molecule has 1 heterocycles. The van der Waals surface area contributed by atoms with Crippen LogP contribution in [0.3, 0.4) is 0 Å². The van der Waals surface area contributed by atoms with Crippen LogP contribution in [0.4, 0.5) is 5.13 Å². The molecular formula is C14H13N3O4S. The largest absolute Gasteiger partial charge is 0.481 e. The monoisotopic (exact) mass is 319 g/mol. The van der Waals surface area contributed by atoms with Crippen molar-refractivity contribution in [2.24, 2.45) is 5.16 Å². The number of hydrogen-bond donors (Lipinski definition) is 2. The molecule has 0 atom stereocenters. The number of carbonyl (C=O) groups excluding carboxylic acids is 1. The predicted octanol–water partition coefficient (Wildman–Crippen LogP) is 1.47. The molecule has 0 bridgehead atoms.